The van der Waals surface area contributed by atoms with Crippen LogP contribution in [0.4, 0.5) is 5.69 Å². The van der Waals surface area contributed by atoms with Gasteiger partial charge in [0.25, 0.3) is 0 Å². The molecule has 2 fully saturated rings. The summed E-state index contributed by atoms with van der Waals surface area (Å²) in [5.41, 5.74) is 0.555. The second kappa shape index (κ2) is 9.35. The Morgan fingerprint density at radius 2 is 1.71 bits per heavy atom. The van der Waals surface area contributed by atoms with E-state index < -0.39 is 10.0 Å². The molecule has 3 rings (SSSR count). The van der Waals surface area contributed by atoms with Crippen molar-refractivity contribution in [3.63, 3.8) is 0 Å². The van der Waals surface area contributed by atoms with Crippen LogP contribution in [-0.4, -0.2) is 56.6 Å². The minimum absolute atomic E-state index is 0.0221. The van der Waals surface area contributed by atoms with Gasteiger partial charge in [-0.25, -0.2) is 8.42 Å². The topological polar surface area (TPSA) is 84.9 Å². The molecular formula is C20H30N2O5S. The molecule has 1 aromatic rings. The molecule has 1 aliphatic heterocycles. The van der Waals surface area contributed by atoms with Crippen LogP contribution in [0.25, 0.3) is 0 Å². The third-order valence-corrected chi connectivity index (χ3v) is 7.01. The highest BCUT2D eigenvalue weighted by Crippen LogP contribution is 2.23. The molecule has 1 N–H and O–H groups in total. The molecule has 0 radical (unpaired) electrons. The van der Waals surface area contributed by atoms with Crippen molar-refractivity contribution in [2.24, 2.45) is 0 Å². The zero-order valence-corrected chi connectivity index (χ0v) is 17.4. The third kappa shape index (κ3) is 5.53. The van der Waals surface area contributed by atoms with E-state index in [2.05, 4.69) is 5.32 Å². The first-order chi connectivity index (χ1) is 13.3. The van der Waals surface area contributed by atoms with Gasteiger partial charge in [-0.3, -0.25) is 4.79 Å². The first kappa shape index (κ1) is 21.2. The van der Waals surface area contributed by atoms with Crippen LogP contribution in [0.2, 0.25) is 0 Å². The highest BCUT2D eigenvalue weighted by atomic mass is 32.2. The summed E-state index contributed by atoms with van der Waals surface area (Å²) in [5, 5.41) is 2.76. The Morgan fingerprint density at radius 1 is 1.11 bits per heavy atom. The van der Waals surface area contributed by atoms with E-state index in [4.69, 9.17) is 9.47 Å². The monoisotopic (exact) mass is 410 g/mol. The number of morpholine rings is 1. The third-order valence-electron chi connectivity index (χ3n) is 5.16. The van der Waals surface area contributed by atoms with Crippen LogP contribution in [0.5, 0.6) is 0 Å². The van der Waals surface area contributed by atoms with Gasteiger partial charge in [-0.05, 0) is 51.0 Å². The molecule has 0 unspecified atom stereocenters. The van der Waals surface area contributed by atoms with E-state index in [1.54, 1.807) is 12.1 Å². The molecule has 0 spiro atoms. The van der Waals surface area contributed by atoms with Gasteiger partial charge in [0, 0.05) is 18.8 Å². The van der Waals surface area contributed by atoms with Crippen LogP contribution in [-0.2, 0) is 24.3 Å². The van der Waals surface area contributed by atoms with Gasteiger partial charge in [0.1, 0.15) is 6.61 Å². The summed E-state index contributed by atoms with van der Waals surface area (Å²) in [5.74, 6) is -0.225. The second-order valence-electron chi connectivity index (χ2n) is 7.72. The number of nitrogens with one attached hydrogen (secondary N) is 1. The molecule has 28 heavy (non-hydrogen) atoms. The predicted octanol–water partition coefficient (Wildman–Crippen LogP) is 2.77. The minimum Gasteiger partial charge on any atom is -0.373 e. The van der Waals surface area contributed by atoms with Crippen molar-refractivity contribution in [2.45, 2.75) is 69.2 Å². The maximum absolute atomic E-state index is 12.9. The minimum atomic E-state index is -3.58. The van der Waals surface area contributed by atoms with E-state index in [0.717, 1.165) is 25.7 Å². The van der Waals surface area contributed by atoms with Crippen molar-refractivity contribution in [1.82, 2.24) is 4.31 Å². The lowest BCUT2D eigenvalue weighted by Gasteiger charge is -2.34. The van der Waals surface area contributed by atoms with Gasteiger partial charge < -0.3 is 14.8 Å². The summed E-state index contributed by atoms with van der Waals surface area (Å²) in [6.45, 7) is 4.43. The lowest BCUT2D eigenvalue weighted by atomic mass is 9.98. The molecule has 156 valence electrons. The van der Waals surface area contributed by atoms with E-state index in [0.29, 0.717) is 18.8 Å². The molecule has 7 nitrogen and oxygen atoms in total. The van der Waals surface area contributed by atoms with Crippen LogP contribution < -0.4 is 5.32 Å². The standard InChI is InChI=1S/C20H30N2O5S/c1-15-12-22(13-16(2)27-15)28(24,25)19-10-8-17(9-11-19)21-20(23)14-26-18-6-4-3-5-7-18/h8-11,15-16,18H,3-7,12-14H2,1-2H3,(H,21,23)/t15-,16-/m0/s1. The van der Waals surface area contributed by atoms with Gasteiger partial charge in [-0.15, -0.1) is 0 Å². The van der Waals surface area contributed by atoms with Crippen LogP contribution >= 0.6 is 0 Å². The second-order valence-corrected chi connectivity index (χ2v) is 9.66. The van der Waals surface area contributed by atoms with Gasteiger partial charge in [-0.1, -0.05) is 19.3 Å². The van der Waals surface area contributed by atoms with Gasteiger partial charge >= 0.3 is 0 Å². The highest BCUT2D eigenvalue weighted by molar-refractivity contribution is 7.89. The Hall–Kier alpha value is -1.48. The lowest BCUT2D eigenvalue weighted by molar-refractivity contribution is -0.123. The molecule has 1 amide bonds. The maximum atomic E-state index is 12.9. The fourth-order valence-electron chi connectivity index (χ4n) is 3.81. The van der Waals surface area contributed by atoms with Gasteiger partial charge in [0.2, 0.25) is 15.9 Å². The smallest absolute Gasteiger partial charge is 0.250 e. The van der Waals surface area contributed by atoms with Crippen LogP contribution in [0, 0.1) is 0 Å². The average molecular weight is 411 g/mol. The molecular weight excluding hydrogens is 380 g/mol. The number of benzene rings is 1. The first-order valence-electron chi connectivity index (χ1n) is 10.0. The van der Waals surface area contributed by atoms with E-state index in [-0.39, 0.29) is 35.7 Å². The van der Waals surface area contributed by atoms with Gasteiger partial charge in [0.15, 0.2) is 0 Å². The molecule has 1 heterocycles. The number of ether oxygens (including phenoxy) is 2. The molecule has 1 saturated heterocycles. The number of anilines is 1. The predicted molar refractivity (Wildman–Crippen MR) is 107 cm³/mol. The Labute approximate surface area is 167 Å². The molecule has 8 heteroatoms. The fraction of sp³-hybridized carbons (Fsp3) is 0.650. The molecule has 0 bridgehead atoms. The SMILES string of the molecule is C[C@H]1CN(S(=O)(=O)c2ccc(NC(=O)COC3CCCCC3)cc2)C[C@H](C)O1. The summed E-state index contributed by atoms with van der Waals surface area (Å²) >= 11 is 0. The molecule has 2 atom stereocenters. The Bertz CT molecular complexity index is 749. The summed E-state index contributed by atoms with van der Waals surface area (Å²) < 4.78 is 38.4. The lowest BCUT2D eigenvalue weighted by Crippen LogP contribution is -2.48. The number of hydrogen-bond donors (Lipinski definition) is 1. The molecule has 0 aromatic heterocycles. The number of carbonyl (C=O) groups is 1. The van der Waals surface area contributed by atoms with Gasteiger partial charge in [0.05, 0.1) is 23.2 Å². The van der Waals surface area contributed by atoms with Crippen LogP contribution in [0.15, 0.2) is 29.2 Å². The van der Waals surface area contributed by atoms with Crippen molar-refractivity contribution in [3.8, 4) is 0 Å². The summed E-state index contributed by atoms with van der Waals surface area (Å²) in [4.78, 5) is 12.3. The van der Waals surface area contributed by atoms with E-state index in [9.17, 15) is 13.2 Å². The van der Waals surface area contributed by atoms with Crippen LogP contribution in [0.1, 0.15) is 46.0 Å². The number of nitrogens with zero attached hydrogens (tertiary/aromatic N) is 1. The zero-order chi connectivity index (χ0) is 20.1. The van der Waals surface area contributed by atoms with Crippen LogP contribution in [0.3, 0.4) is 0 Å². The van der Waals surface area contributed by atoms with E-state index >= 15 is 0 Å². The van der Waals surface area contributed by atoms with Crippen molar-refractivity contribution < 1.29 is 22.7 Å². The quantitative estimate of drug-likeness (QED) is 0.779. The van der Waals surface area contributed by atoms with E-state index in [1.165, 1.54) is 22.9 Å². The Morgan fingerprint density at radius 3 is 2.32 bits per heavy atom. The van der Waals surface area contributed by atoms with Crippen molar-refractivity contribution in [2.75, 3.05) is 25.0 Å². The maximum Gasteiger partial charge on any atom is 0.250 e. The average Bonchev–Trinajstić information content (AvgIpc) is 2.67. The van der Waals surface area contributed by atoms with E-state index in [1.807, 2.05) is 13.8 Å². The molecule has 2 aliphatic rings. The fourth-order valence-corrected chi connectivity index (χ4v) is 5.40. The summed E-state index contributed by atoms with van der Waals surface area (Å²) in [7, 11) is -3.58. The summed E-state index contributed by atoms with van der Waals surface area (Å²) in [6, 6.07) is 6.27. The first-order valence-corrected chi connectivity index (χ1v) is 11.5. The number of sulfonamides is 1. The van der Waals surface area contributed by atoms with Crippen molar-refractivity contribution in [3.05, 3.63) is 24.3 Å². The largest absolute Gasteiger partial charge is 0.373 e. The molecule has 1 saturated carbocycles. The molecule has 1 aromatic carbocycles. The highest BCUT2D eigenvalue weighted by Gasteiger charge is 2.32. The van der Waals surface area contributed by atoms with Gasteiger partial charge in [-0.2, -0.15) is 4.31 Å². The number of hydrogen-bond acceptors (Lipinski definition) is 5. The molecule has 1 aliphatic carbocycles. The number of amides is 1. The Kier molecular flexibility index (Phi) is 7.09. The van der Waals surface area contributed by atoms with Crippen molar-refractivity contribution in [1.29, 1.82) is 0 Å². The Balaban J connectivity index is 1.55. The van der Waals surface area contributed by atoms with Crippen molar-refractivity contribution >= 4 is 21.6 Å². The zero-order valence-electron chi connectivity index (χ0n) is 16.6. The normalized spacial score (nSPS) is 24.8. The summed E-state index contributed by atoms with van der Waals surface area (Å²) in [6.07, 6.45) is 5.47. The number of rotatable bonds is 6. The number of carbonyl (C=O) groups excluding carboxylic acids is 1.